The normalized spacial score (nSPS) is 19.4. The Kier molecular flexibility index (Phi) is 5.69. The van der Waals surface area contributed by atoms with E-state index in [-0.39, 0.29) is 4.90 Å². The number of amides is 2. The van der Waals surface area contributed by atoms with Crippen LogP contribution in [0.3, 0.4) is 0 Å². The van der Waals surface area contributed by atoms with Crippen LogP contribution in [0, 0.1) is 5.92 Å². The van der Waals surface area contributed by atoms with Crippen LogP contribution >= 0.6 is 11.3 Å². The van der Waals surface area contributed by atoms with Crippen molar-refractivity contribution < 1.29 is 18.0 Å². The Labute approximate surface area is 180 Å². The number of aryl methyl sites for hydroxylation is 1. The summed E-state index contributed by atoms with van der Waals surface area (Å²) in [6.07, 6.45) is 4.44. The first-order chi connectivity index (χ1) is 14.3. The molecule has 160 valence electrons. The van der Waals surface area contributed by atoms with Gasteiger partial charge in [0.15, 0.2) is 0 Å². The summed E-state index contributed by atoms with van der Waals surface area (Å²) in [5.74, 6) is -0.461. The Morgan fingerprint density at radius 1 is 1.17 bits per heavy atom. The minimum absolute atomic E-state index is 0.180. The minimum Gasteiger partial charge on any atom is -0.365 e. The first kappa shape index (κ1) is 21.0. The fourth-order valence-electron chi connectivity index (χ4n) is 4.14. The Morgan fingerprint density at radius 3 is 2.47 bits per heavy atom. The molecule has 2 heterocycles. The maximum atomic E-state index is 12.8. The van der Waals surface area contributed by atoms with Crippen LogP contribution in [-0.2, 0) is 22.9 Å². The number of thiophene rings is 1. The molecule has 1 aliphatic heterocycles. The SMILES string of the molecule is C[C@@H]1CCc2sc(NC(=O)c3ccc(S(=O)(=O)N4CCCC4)cc3)c(C(N)=O)c2C1. The number of carbonyl (C=O) groups excluding carboxylic acids is 2. The van der Waals surface area contributed by atoms with E-state index in [1.165, 1.54) is 39.9 Å². The highest BCUT2D eigenvalue weighted by Gasteiger charge is 2.29. The molecule has 0 radical (unpaired) electrons. The zero-order valence-electron chi connectivity index (χ0n) is 16.8. The molecule has 0 unspecified atom stereocenters. The highest BCUT2D eigenvalue weighted by molar-refractivity contribution is 7.89. The molecule has 2 aromatic rings. The number of rotatable bonds is 5. The molecule has 1 aromatic heterocycles. The zero-order valence-corrected chi connectivity index (χ0v) is 18.4. The number of nitrogens with zero attached hydrogens (tertiary/aromatic N) is 1. The molecule has 1 aromatic carbocycles. The molecule has 9 heteroatoms. The van der Waals surface area contributed by atoms with Gasteiger partial charge in [-0.05, 0) is 67.9 Å². The van der Waals surface area contributed by atoms with Crippen molar-refractivity contribution >= 4 is 38.2 Å². The van der Waals surface area contributed by atoms with Crippen molar-refractivity contribution in [1.82, 2.24) is 4.31 Å². The van der Waals surface area contributed by atoms with Crippen LogP contribution in [0.4, 0.5) is 5.00 Å². The molecule has 1 fully saturated rings. The van der Waals surface area contributed by atoms with Crippen molar-refractivity contribution in [3.8, 4) is 0 Å². The average Bonchev–Trinajstić information content (AvgIpc) is 3.36. The number of anilines is 1. The van der Waals surface area contributed by atoms with Crippen LogP contribution in [-0.4, -0.2) is 37.6 Å². The fourth-order valence-corrected chi connectivity index (χ4v) is 6.90. The van der Waals surface area contributed by atoms with Crippen molar-refractivity contribution in [2.45, 2.75) is 43.9 Å². The Bertz CT molecular complexity index is 1080. The molecular weight excluding hydrogens is 422 g/mol. The van der Waals surface area contributed by atoms with E-state index in [9.17, 15) is 18.0 Å². The quantitative estimate of drug-likeness (QED) is 0.734. The zero-order chi connectivity index (χ0) is 21.5. The van der Waals surface area contributed by atoms with Gasteiger partial charge in [0.05, 0.1) is 10.5 Å². The van der Waals surface area contributed by atoms with Crippen molar-refractivity contribution in [3.05, 3.63) is 45.8 Å². The minimum atomic E-state index is -3.52. The van der Waals surface area contributed by atoms with Gasteiger partial charge in [-0.15, -0.1) is 11.3 Å². The van der Waals surface area contributed by atoms with Crippen molar-refractivity contribution in [1.29, 1.82) is 0 Å². The molecule has 30 heavy (non-hydrogen) atoms. The van der Waals surface area contributed by atoms with Gasteiger partial charge in [-0.3, -0.25) is 9.59 Å². The first-order valence-electron chi connectivity index (χ1n) is 10.1. The van der Waals surface area contributed by atoms with Gasteiger partial charge in [-0.25, -0.2) is 8.42 Å². The lowest BCUT2D eigenvalue weighted by Gasteiger charge is -2.18. The lowest BCUT2D eigenvalue weighted by molar-refractivity contribution is 0.1000. The summed E-state index contributed by atoms with van der Waals surface area (Å²) in [6, 6.07) is 5.91. The van der Waals surface area contributed by atoms with Gasteiger partial charge < -0.3 is 11.1 Å². The molecule has 0 saturated carbocycles. The first-order valence-corrected chi connectivity index (χ1v) is 12.4. The van der Waals surface area contributed by atoms with Gasteiger partial charge in [0.25, 0.3) is 11.8 Å². The number of nitrogens with two attached hydrogens (primary N) is 1. The largest absolute Gasteiger partial charge is 0.365 e. The maximum Gasteiger partial charge on any atom is 0.256 e. The number of fused-ring (bicyclic) bond motifs is 1. The number of carbonyl (C=O) groups is 2. The summed E-state index contributed by atoms with van der Waals surface area (Å²) in [7, 11) is -3.52. The third-order valence-corrected chi connectivity index (χ3v) is 8.92. The number of primary amides is 1. The average molecular weight is 448 g/mol. The summed E-state index contributed by atoms with van der Waals surface area (Å²) >= 11 is 1.40. The number of nitrogens with one attached hydrogen (secondary N) is 1. The lowest BCUT2D eigenvalue weighted by atomic mass is 9.87. The van der Waals surface area contributed by atoms with Crippen LogP contribution in [0.15, 0.2) is 29.2 Å². The fraction of sp³-hybridized carbons (Fsp3) is 0.429. The summed E-state index contributed by atoms with van der Waals surface area (Å²) in [4.78, 5) is 26.1. The maximum absolute atomic E-state index is 12.8. The molecule has 0 bridgehead atoms. The summed E-state index contributed by atoms with van der Waals surface area (Å²) in [5, 5.41) is 3.28. The van der Waals surface area contributed by atoms with Crippen LogP contribution in [0.1, 0.15) is 57.3 Å². The highest BCUT2D eigenvalue weighted by Crippen LogP contribution is 2.39. The van der Waals surface area contributed by atoms with Gasteiger partial charge in [0.1, 0.15) is 5.00 Å². The van der Waals surface area contributed by atoms with Crippen molar-refractivity contribution in [2.75, 3.05) is 18.4 Å². The topological polar surface area (TPSA) is 110 Å². The highest BCUT2D eigenvalue weighted by atomic mass is 32.2. The van der Waals surface area contributed by atoms with Crippen molar-refractivity contribution in [2.24, 2.45) is 11.7 Å². The standard InChI is InChI=1S/C21H25N3O4S2/c1-13-4-9-17-16(12-13)18(19(22)25)21(29-17)23-20(26)14-5-7-15(8-6-14)30(27,28)24-10-2-3-11-24/h5-8,13H,2-4,9-12H2,1H3,(H2,22,25)(H,23,26)/t13-/m1/s1. The summed E-state index contributed by atoms with van der Waals surface area (Å²) in [6.45, 7) is 3.20. The predicted molar refractivity (Wildman–Crippen MR) is 116 cm³/mol. The number of benzene rings is 1. The molecule has 1 aliphatic carbocycles. The van der Waals surface area contributed by atoms with Crippen LogP contribution < -0.4 is 11.1 Å². The van der Waals surface area contributed by atoms with E-state index < -0.39 is 21.8 Å². The monoisotopic (exact) mass is 447 g/mol. The van der Waals surface area contributed by atoms with Gasteiger partial charge in [-0.2, -0.15) is 4.31 Å². The molecular formula is C21H25N3O4S2. The Balaban J connectivity index is 1.56. The van der Waals surface area contributed by atoms with E-state index in [4.69, 9.17) is 5.73 Å². The smallest absolute Gasteiger partial charge is 0.256 e. The second-order valence-corrected chi connectivity index (χ2v) is 11.1. The Morgan fingerprint density at radius 2 is 1.83 bits per heavy atom. The van der Waals surface area contributed by atoms with Gasteiger partial charge >= 0.3 is 0 Å². The van der Waals surface area contributed by atoms with Crippen LogP contribution in [0.25, 0.3) is 0 Å². The van der Waals surface area contributed by atoms with E-state index in [2.05, 4.69) is 12.2 Å². The molecule has 1 saturated heterocycles. The molecule has 3 N–H and O–H groups in total. The molecule has 4 rings (SSSR count). The Hall–Kier alpha value is -2.23. The van der Waals surface area contributed by atoms with Gasteiger partial charge in [0.2, 0.25) is 10.0 Å². The summed E-state index contributed by atoms with van der Waals surface area (Å²) in [5.41, 5.74) is 7.30. The number of hydrogen-bond acceptors (Lipinski definition) is 5. The van der Waals surface area contributed by atoms with Gasteiger partial charge in [-0.1, -0.05) is 6.92 Å². The number of sulfonamides is 1. The third kappa shape index (κ3) is 3.89. The van der Waals surface area contributed by atoms with Crippen LogP contribution in [0.5, 0.6) is 0 Å². The molecule has 2 amide bonds. The van der Waals surface area contributed by atoms with Crippen LogP contribution in [0.2, 0.25) is 0 Å². The van der Waals surface area contributed by atoms with E-state index >= 15 is 0 Å². The van der Waals surface area contributed by atoms with E-state index in [1.54, 1.807) is 0 Å². The van der Waals surface area contributed by atoms with E-state index in [0.29, 0.717) is 35.1 Å². The molecule has 2 aliphatic rings. The second-order valence-electron chi connectivity index (χ2n) is 8.01. The van der Waals surface area contributed by atoms with E-state index in [0.717, 1.165) is 42.5 Å². The lowest BCUT2D eigenvalue weighted by Crippen LogP contribution is -2.27. The summed E-state index contributed by atoms with van der Waals surface area (Å²) < 4.78 is 26.8. The van der Waals surface area contributed by atoms with Crippen molar-refractivity contribution in [3.63, 3.8) is 0 Å². The van der Waals surface area contributed by atoms with Gasteiger partial charge in [0, 0.05) is 23.5 Å². The predicted octanol–water partition coefficient (Wildman–Crippen LogP) is 3.01. The number of hydrogen-bond donors (Lipinski definition) is 2. The second kappa shape index (κ2) is 8.13. The third-order valence-electron chi connectivity index (χ3n) is 5.80. The van der Waals surface area contributed by atoms with E-state index in [1.807, 2.05) is 0 Å². The molecule has 7 nitrogen and oxygen atoms in total. The molecule has 1 atom stereocenters. The molecule has 0 spiro atoms.